The highest BCUT2D eigenvalue weighted by Crippen LogP contribution is 2.13. The summed E-state index contributed by atoms with van der Waals surface area (Å²) in [4.78, 5) is 8.47. The summed E-state index contributed by atoms with van der Waals surface area (Å²) in [6.07, 6.45) is 3.31. The van der Waals surface area contributed by atoms with Crippen molar-refractivity contribution in [3.8, 4) is 11.5 Å². The average molecular weight is 203 g/mol. The van der Waals surface area contributed by atoms with E-state index in [1.807, 2.05) is 23.7 Å². The molecule has 5 nitrogen and oxygen atoms in total. The maximum absolute atomic E-state index is 5.50. The monoisotopic (exact) mass is 203 g/mol. The first-order chi connectivity index (χ1) is 7.35. The average Bonchev–Trinajstić information content (AvgIpc) is 2.77. The van der Waals surface area contributed by atoms with Gasteiger partial charge in [-0.25, -0.2) is 9.67 Å². The van der Waals surface area contributed by atoms with Crippen LogP contribution in [-0.4, -0.2) is 19.7 Å². The van der Waals surface area contributed by atoms with Gasteiger partial charge in [0.05, 0.1) is 0 Å². The Labute approximate surface area is 88.0 Å². The van der Waals surface area contributed by atoms with Gasteiger partial charge in [0.15, 0.2) is 5.82 Å². The lowest BCUT2D eigenvalue weighted by molar-refractivity contribution is 0.664. The van der Waals surface area contributed by atoms with Crippen molar-refractivity contribution in [2.24, 2.45) is 5.73 Å². The third-order valence-electron chi connectivity index (χ3n) is 2.20. The van der Waals surface area contributed by atoms with Crippen LogP contribution in [0.3, 0.4) is 0 Å². The molecular weight excluding hydrogens is 190 g/mol. The van der Waals surface area contributed by atoms with Crippen LogP contribution in [0.15, 0.2) is 24.7 Å². The van der Waals surface area contributed by atoms with Gasteiger partial charge in [0.1, 0.15) is 12.0 Å². The molecule has 0 aliphatic heterocycles. The second kappa shape index (κ2) is 4.18. The van der Waals surface area contributed by atoms with E-state index in [1.165, 1.54) is 6.33 Å². The van der Waals surface area contributed by atoms with Crippen molar-refractivity contribution in [3.05, 3.63) is 30.2 Å². The Hall–Kier alpha value is -1.75. The van der Waals surface area contributed by atoms with Gasteiger partial charge in [-0.05, 0) is 18.6 Å². The zero-order valence-corrected chi connectivity index (χ0v) is 8.59. The summed E-state index contributed by atoms with van der Waals surface area (Å²) < 4.78 is 1.81. The molecule has 0 saturated carbocycles. The van der Waals surface area contributed by atoms with E-state index in [9.17, 15) is 0 Å². The highest BCUT2D eigenvalue weighted by Gasteiger charge is 2.06. The van der Waals surface area contributed by atoms with E-state index in [2.05, 4.69) is 15.1 Å². The maximum atomic E-state index is 5.50. The molecule has 0 fully saturated rings. The van der Waals surface area contributed by atoms with Crippen LogP contribution in [0, 0.1) is 0 Å². The van der Waals surface area contributed by atoms with Crippen LogP contribution in [-0.2, 0) is 13.1 Å². The Balaban J connectivity index is 2.37. The molecule has 0 aliphatic carbocycles. The summed E-state index contributed by atoms with van der Waals surface area (Å²) in [6.45, 7) is 3.32. The quantitative estimate of drug-likeness (QED) is 0.801. The Morgan fingerprint density at radius 2 is 2.20 bits per heavy atom. The molecule has 0 spiro atoms. The first kappa shape index (κ1) is 9.79. The lowest BCUT2D eigenvalue weighted by Gasteiger charge is -2.02. The van der Waals surface area contributed by atoms with Crippen LogP contribution in [0.5, 0.6) is 0 Å². The van der Waals surface area contributed by atoms with Gasteiger partial charge >= 0.3 is 0 Å². The van der Waals surface area contributed by atoms with Gasteiger partial charge in [-0.2, -0.15) is 5.10 Å². The molecule has 2 heterocycles. The number of aryl methyl sites for hydroxylation is 1. The van der Waals surface area contributed by atoms with Gasteiger partial charge in [0, 0.05) is 19.3 Å². The standard InChI is InChI=1S/C10H13N5/c1-2-15-10(13-7-14-15)9-4-3-8(5-11)6-12-9/h3-4,6-7H,2,5,11H2,1H3. The molecule has 0 aliphatic rings. The minimum atomic E-state index is 0.508. The molecule has 0 amide bonds. The summed E-state index contributed by atoms with van der Waals surface area (Å²) in [7, 11) is 0. The summed E-state index contributed by atoms with van der Waals surface area (Å²) in [6, 6.07) is 3.87. The lowest BCUT2D eigenvalue weighted by Crippen LogP contribution is -2.02. The zero-order chi connectivity index (χ0) is 10.7. The van der Waals surface area contributed by atoms with Crippen molar-refractivity contribution in [2.45, 2.75) is 20.0 Å². The molecule has 0 radical (unpaired) electrons. The van der Waals surface area contributed by atoms with E-state index in [-0.39, 0.29) is 0 Å². The minimum absolute atomic E-state index is 0.508. The van der Waals surface area contributed by atoms with Crippen LogP contribution >= 0.6 is 0 Å². The number of pyridine rings is 1. The largest absolute Gasteiger partial charge is 0.326 e. The normalized spacial score (nSPS) is 10.5. The summed E-state index contributed by atoms with van der Waals surface area (Å²) >= 11 is 0. The summed E-state index contributed by atoms with van der Waals surface area (Å²) in [5.41, 5.74) is 7.34. The fourth-order valence-corrected chi connectivity index (χ4v) is 1.37. The topological polar surface area (TPSA) is 69.6 Å². The molecular formula is C10H13N5. The fraction of sp³-hybridized carbons (Fsp3) is 0.300. The molecule has 5 heteroatoms. The van der Waals surface area contributed by atoms with Crippen molar-refractivity contribution in [1.29, 1.82) is 0 Å². The second-order valence-electron chi connectivity index (χ2n) is 3.16. The molecule has 0 atom stereocenters. The first-order valence-electron chi connectivity index (χ1n) is 4.88. The van der Waals surface area contributed by atoms with Gasteiger partial charge in [-0.1, -0.05) is 6.07 Å². The third-order valence-corrected chi connectivity index (χ3v) is 2.20. The van der Waals surface area contributed by atoms with Crippen molar-refractivity contribution < 1.29 is 0 Å². The molecule has 15 heavy (non-hydrogen) atoms. The summed E-state index contributed by atoms with van der Waals surface area (Å²) in [5.74, 6) is 0.793. The molecule has 2 aromatic heterocycles. The van der Waals surface area contributed by atoms with Crippen LogP contribution < -0.4 is 5.73 Å². The SMILES string of the molecule is CCn1ncnc1-c1ccc(CN)cn1. The van der Waals surface area contributed by atoms with Crippen molar-refractivity contribution >= 4 is 0 Å². The number of hydrogen-bond acceptors (Lipinski definition) is 4. The number of aromatic nitrogens is 4. The predicted molar refractivity (Wildman–Crippen MR) is 56.8 cm³/mol. The number of nitrogens with zero attached hydrogens (tertiary/aromatic N) is 4. The molecule has 0 bridgehead atoms. The summed E-state index contributed by atoms with van der Waals surface area (Å²) in [5, 5.41) is 4.09. The lowest BCUT2D eigenvalue weighted by atomic mass is 10.2. The van der Waals surface area contributed by atoms with E-state index < -0.39 is 0 Å². The number of rotatable bonds is 3. The molecule has 0 aromatic carbocycles. The van der Waals surface area contributed by atoms with E-state index >= 15 is 0 Å². The Kier molecular flexibility index (Phi) is 2.73. The van der Waals surface area contributed by atoms with Crippen LogP contribution in [0.2, 0.25) is 0 Å². The van der Waals surface area contributed by atoms with Crippen molar-refractivity contribution in [1.82, 2.24) is 19.7 Å². The zero-order valence-electron chi connectivity index (χ0n) is 8.59. The second-order valence-corrected chi connectivity index (χ2v) is 3.16. The fourth-order valence-electron chi connectivity index (χ4n) is 1.37. The van der Waals surface area contributed by atoms with E-state index in [0.717, 1.165) is 23.6 Å². The van der Waals surface area contributed by atoms with Gasteiger partial charge in [-0.3, -0.25) is 4.98 Å². The van der Waals surface area contributed by atoms with E-state index in [4.69, 9.17) is 5.73 Å². The van der Waals surface area contributed by atoms with Crippen LogP contribution in [0.1, 0.15) is 12.5 Å². The number of hydrogen-bond donors (Lipinski definition) is 1. The van der Waals surface area contributed by atoms with Gasteiger partial charge in [0.2, 0.25) is 0 Å². The smallest absolute Gasteiger partial charge is 0.176 e. The van der Waals surface area contributed by atoms with E-state index in [0.29, 0.717) is 6.54 Å². The molecule has 2 N–H and O–H groups in total. The van der Waals surface area contributed by atoms with Crippen molar-refractivity contribution in [2.75, 3.05) is 0 Å². The molecule has 0 unspecified atom stereocenters. The highest BCUT2D eigenvalue weighted by atomic mass is 15.3. The predicted octanol–water partition coefficient (Wildman–Crippen LogP) is 0.819. The highest BCUT2D eigenvalue weighted by molar-refractivity contribution is 5.48. The van der Waals surface area contributed by atoms with Crippen molar-refractivity contribution in [3.63, 3.8) is 0 Å². The van der Waals surface area contributed by atoms with E-state index in [1.54, 1.807) is 6.20 Å². The van der Waals surface area contributed by atoms with Crippen LogP contribution in [0.4, 0.5) is 0 Å². The molecule has 78 valence electrons. The molecule has 2 aromatic rings. The minimum Gasteiger partial charge on any atom is -0.326 e. The Morgan fingerprint density at radius 1 is 1.33 bits per heavy atom. The Bertz CT molecular complexity index is 431. The molecule has 2 rings (SSSR count). The van der Waals surface area contributed by atoms with Gasteiger partial charge in [-0.15, -0.1) is 0 Å². The van der Waals surface area contributed by atoms with Gasteiger partial charge < -0.3 is 5.73 Å². The first-order valence-corrected chi connectivity index (χ1v) is 4.88. The van der Waals surface area contributed by atoms with Gasteiger partial charge in [0.25, 0.3) is 0 Å². The number of nitrogens with two attached hydrogens (primary N) is 1. The third kappa shape index (κ3) is 1.87. The molecule has 0 saturated heterocycles. The van der Waals surface area contributed by atoms with Crippen LogP contribution in [0.25, 0.3) is 11.5 Å². The Morgan fingerprint density at radius 3 is 2.80 bits per heavy atom. The maximum Gasteiger partial charge on any atom is 0.176 e.